The molecule has 0 aliphatic carbocycles. The maximum atomic E-state index is 15.2. The number of anilines is 1. The molecule has 2 fully saturated rings. The van der Waals surface area contributed by atoms with E-state index in [1.165, 1.54) is 22.2 Å². The van der Waals surface area contributed by atoms with Crippen molar-refractivity contribution in [1.29, 1.82) is 0 Å². The number of H-pyrrole nitrogens is 2. The van der Waals surface area contributed by atoms with Gasteiger partial charge in [-0.3, -0.25) is 19.5 Å². The van der Waals surface area contributed by atoms with Crippen molar-refractivity contribution in [3.05, 3.63) is 65.9 Å². The number of likely N-dealkylation sites (N-methyl/N-ethyl adjacent to an activating group) is 1. The Morgan fingerprint density at radius 2 is 1.76 bits per heavy atom. The zero-order chi connectivity index (χ0) is 34.5. The van der Waals surface area contributed by atoms with E-state index < -0.39 is 17.5 Å². The molecule has 0 spiro atoms. The van der Waals surface area contributed by atoms with Gasteiger partial charge in [0.25, 0.3) is 17.6 Å². The van der Waals surface area contributed by atoms with Crippen molar-refractivity contribution in [2.75, 3.05) is 77.5 Å². The van der Waals surface area contributed by atoms with Crippen molar-refractivity contribution in [1.82, 2.24) is 45.1 Å². The van der Waals surface area contributed by atoms with Gasteiger partial charge in [0.15, 0.2) is 5.82 Å². The summed E-state index contributed by atoms with van der Waals surface area (Å²) in [6.07, 6.45) is 3.08. The van der Waals surface area contributed by atoms with Crippen LogP contribution in [0.4, 0.5) is 10.1 Å². The molecule has 2 aliphatic rings. The number of aromatic nitrogens is 4. The molecule has 16 nitrogen and oxygen atoms in total. The Bertz CT molecular complexity index is 1830. The van der Waals surface area contributed by atoms with Gasteiger partial charge in [0.05, 0.1) is 28.4 Å². The molecule has 2 saturated heterocycles. The molecule has 2 amide bonds. The number of Topliss-reactive ketones (excluding diaryl/α,β-unsaturated/α-hetero) is 1. The summed E-state index contributed by atoms with van der Waals surface area (Å²) in [5, 5.41) is 15.0. The molecule has 49 heavy (non-hydrogen) atoms. The number of guanidine groups is 1. The van der Waals surface area contributed by atoms with Crippen LogP contribution in [0, 0.1) is 5.82 Å². The molecular formula is C32H40FN13O3. The Morgan fingerprint density at radius 1 is 1.04 bits per heavy atom. The number of fused-ring (bicyclic) bond motifs is 1. The number of para-hydroxylation sites is 1. The van der Waals surface area contributed by atoms with Gasteiger partial charge >= 0.3 is 0 Å². The normalized spacial score (nSPS) is 16.3. The molecule has 0 unspecified atom stereocenters. The summed E-state index contributed by atoms with van der Waals surface area (Å²) in [6.45, 7) is 6.53. The van der Waals surface area contributed by atoms with E-state index in [0.29, 0.717) is 31.3 Å². The van der Waals surface area contributed by atoms with Crippen molar-refractivity contribution in [2.24, 2.45) is 16.8 Å². The smallest absolute Gasteiger partial charge is 0.295 e. The van der Waals surface area contributed by atoms with Crippen molar-refractivity contribution < 1.29 is 18.8 Å². The molecular weight excluding hydrogens is 633 g/mol. The number of carbonyl (C=O) groups is 3. The van der Waals surface area contributed by atoms with E-state index >= 15 is 4.39 Å². The van der Waals surface area contributed by atoms with Crippen molar-refractivity contribution in [3.8, 4) is 11.4 Å². The summed E-state index contributed by atoms with van der Waals surface area (Å²) in [7, 11) is 2.11. The van der Waals surface area contributed by atoms with Gasteiger partial charge in [-0.15, -0.1) is 5.10 Å². The molecule has 0 saturated carbocycles. The Hall–Kier alpha value is -5.39. The third-order valence-electron chi connectivity index (χ3n) is 8.91. The monoisotopic (exact) mass is 673 g/mol. The number of hydrogen-bond acceptors (Lipinski definition) is 10. The highest BCUT2D eigenvalue weighted by Crippen LogP contribution is 2.30. The van der Waals surface area contributed by atoms with Crippen molar-refractivity contribution in [2.45, 2.75) is 6.42 Å². The number of piperazine rings is 2. The maximum absolute atomic E-state index is 15.2. The number of benzene rings is 1. The van der Waals surface area contributed by atoms with Crippen LogP contribution in [-0.2, 0) is 4.79 Å². The van der Waals surface area contributed by atoms with Crippen LogP contribution < -0.4 is 22.0 Å². The predicted molar refractivity (Wildman–Crippen MR) is 182 cm³/mol. The molecule has 2 aliphatic heterocycles. The van der Waals surface area contributed by atoms with E-state index in [4.69, 9.17) is 11.7 Å². The number of hydrogen-bond donors (Lipinski definition) is 5. The average Bonchev–Trinajstić information content (AvgIpc) is 3.81. The fourth-order valence-electron chi connectivity index (χ4n) is 6.08. The lowest BCUT2D eigenvalue weighted by Gasteiger charge is -2.38. The minimum absolute atomic E-state index is 0.0842. The summed E-state index contributed by atoms with van der Waals surface area (Å²) >= 11 is 0. The lowest BCUT2D eigenvalue weighted by atomic mass is 10.1. The predicted octanol–water partition coefficient (Wildman–Crippen LogP) is 0.396. The number of nitrogens with two attached hydrogens (primary N) is 2. The molecule has 7 N–H and O–H groups in total. The third-order valence-corrected chi connectivity index (χ3v) is 8.91. The molecule has 0 radical (unpaired) electrons. The van der Waals surface area contributed by atoms with Crippen LogP contribution in [0.25, 0.3) is 22.3 Å². The first-order valence-corrected chi connectivity index (χ1v) is 16.1. The minimum atomic E-state index is -0.869. The lowest BCUT2D eigenvalue weighted by Crippen LogP contribution is -2.57. The first-order chi connectivity index (χ1) is 23.7. The zero-order valence-electron chi connectivity index (χ0n) is 27.2. The van der Waals surface area contributed by atoms with Crippen LogP contribution in [0.5, 0.6) is 0 Å². The van der Waals surface area contributed by atoms with Crippen molar-refractivity contribution >= 4 is 40.1 Å². The Labute approximate surface area is 281 Å². The maximum Gasteiger partial charge on any atom is 0.295 e. The number of amides is 2. The number of aromatic amines is 2. The Morgan fingerprint density at radius 3 is 2.47 bits per heavy atom. The topological polar surface area (TPSA) is 201 Å². The molecule has 3 aromatic heterocycles. The van der Waals surface area contributed by atoms with E-state index in [9.17, 15) is 14.4 Å². The van der Waals surface area contributed by atoms with Crippen LogP contribution >= 0.6 is 0 Å². The fraction of sp³-hybridized carbons (Fsp3) is 0.375. The fourth-order valence-corrected chi connectivity index (χ4v) is 6.08. The molecule has 0 bridgehead atoms. The zero-order valence-corrected chi connectivity index (χ0v) is 27.2. The largest absolute Gasteiger partial charge is 0.359 e. The summed E-state index contributed by atoms with van der Waals surface area (Å²) in [5.74, 6) is 9.47. The van der Waals surface area contributed by atoms with E-state index in [2.05, 4.69) is 47.4 Å². The second-order valence-electron chi connectivity index (χ2n) is 12.1. The number of nitrogens with zero attached hydrogens (tertiary/aromatic N) is 8. The number of pyridine rings is 1. The van der Waals surface area contributed by atoms with Crippen LogP contribution in [-0.4, -0.2) is 136 Å². The van der Waals surface area contributed by atoms with Gasteiger partial charge in [-0.1, -0.05) is 18.2 Å². The van der Waals surface area contributed by atoms with Crippen LogP contribution in [0.1, 0.15) is 27.3 Å². The van der Waals surface area contributed by atoms with E-state index in [1.54, 1.807) is 0 Å². The highest BCUT2D eigenvalue weighted by atomic mass is 19.1. The highest BCUT2D eigenvalue weighted by molar-refractivity contribution is 6.45. The number of ketones is 1. The number of nitrogens with one attached hydrogen (secondary N) is 3. The standard InChI is InChI=1S/C32H40FN13O3/c1-42-10-12-43(13-11-42)9-5-8-36-30(48)25-18-24(40-41-25)27-28-26(23(33)20-38-27)22(19-37-28)29(47)31(49)44-14-16-45(17-15-44)32(39-34)46(35)21-6-3-2-4-7-21/h2-4,6-7,18-20,37H,5,8-17,34-35H2,1H3,(H,36,48)(H,40,41)/b39-32-. The van der Waals surface area contributed by atoms with Gasteiger partial charge in [-0.2, -0.15) is 5.10 Å². The van der Waals surface area contributed by atoms with Crippen molar-refractivity contribution in [3.63, 3.8) is 0 Å². The van der Waals surface area contributed by atoms with Crippen LogP contribution in [0.2, 0.25) is 0 Å². The SMILES string of the molecule is CN1CCN(CCCNC(=O)c2cc(-c3ncc(F)c4c(C(=O)C(=O)N5CCN(/C(=N/N)N(N)c6ccccc6)CC5)c[nH]c34)n[nH]2)CC1. The summed E-state index contributed by atoms with van der Waals surface area (Å²) in [4.78, 5) is 54.6. The quantitative estimate of drug-likeness (QED) is 0.0313. The van der Waals surface area contributed by atoms with Gasteiger partial charge in [0, 0.05) is 65.1 Å². The highest BCUT2D eigenvalue weighted by Gasteiger charge is 2.32. The number of halogens is 1. The first-order valence-electron chi connectivity index (χ1n) is 16.1. The average molecular weight is 674 g/mol. The van der Waals surface area contributed by atoms with Crippen LogP contribution in [0.15, 0.2) is 53.9 Å². The molecule has 258 valence electrons. The first kappa shape index (κ1) is 33.5. The molecule has 5 heterocycles. The second kappa shape index (κ2) is 14.8. The Kier molecular flexibility index (Phi) is 10.1. The summed E-state index contributed by atoms with van der Waals surface area (Å²) in [5.41, 5.74) is 1.45. The van der Waals surface area contributed by atoms with Gasteiger partial charge in [-0.25, -0.2) is 20.2 Å². The van der Waals surface area contributed by atoms with Crippen LogP contribution in [0.3, 0.4) is 0 Å². The number of hydrazine groups is 1. The Balaban J connectivity index is 1.08. The van der Waals surface area contributed by atoms with Gasteiger partial charge < -0.3 is 35.7 Å². The van der Waals surface area contributed by atoms with Gasteiger partial charge in [0.1, 0.15) is 17.1 Å². The molecule has 17 heteroatoms. The number of rotatable bonds is 9. The van der Waals surface area contributed by atoms with Gasteiger partial charge in [0.2, 0.25) is 5.96 Å². The molecule has 6 rings (SSSR count). The molecule has 4 aromatic rings. The van der Waals surface area contributed by atoms with E-state index in [-0.39, 0.29) is 52.5 Å². The number of carbonyl (C=O) groups excluding carboxylic acids is 3. The third kappa shape index (κ3) is 7.23. The van der Waals surface area contributed by atoms with E-state index in [0.717, 1.165) is 45.3 Å². The summed E-state index contributed by atoms with van der Waals surface area (Å²) < 4.78 is 15.2. The molecule has 0 atom stereocenters. The number of hydrazone groups is 1. The van der Waals surface area contributed by atoms with E-state index in [1.807, 2.05) is 35.2 Å². The minimum Gasteiger partial charge on any atom is -0.359 e. The second-order valence-corrected chi connectivity index (χ2v) is 12.1. The lowest BCUT2D eigenvalue weighted by molar-refractivity contribution is -0.127. The molecule has 1 aromatic carbocycles. The summed E-state index contributed by atoms with van der Waals surface area (Å²) in [6, 6.07) is 10.7. The van der Waals surface area contributed by atoms with Gasteiger partial charge in [-0.05, 0) is 38.2 Å².